The fourth-order valence-corrected chi connectivity index (χ4v) is 1.94. The van der Waals surface area contributed by atoms with Crippen LogP contribution in [0.15, 0.2) is 10.5 Å². The Balaban J connectivity index is 2.65. The van der Waals surface area contributed by atoms with Crippen LogP contribution in [-0.2, 0) is 4.79 Å². The van der Waals surface area contributed by atoms with Crippen molar-refractivity contribution in [1.29, 1.82) is 0 Å². The number of hydrogen-bond donors (Lipinski definition) is 1. The second kappa shape index (κ2) is 3.73. The van der Waals surface area contributed by atoms with Gasteiger partial charge in [-0.15, -0.1) is 0 Å². The average Bonchev–Trinajstić information content (AvgIpc) is 2.34. The molecule has 3 nitrogen and oxygen atoms in total. The van der Waals surface area contributed by atoms with Crippen LogP contribution in [0.3, 0.4) is 0 Å². The van der Waals surface area contributed by atoms with Crippen molar-refractivity contribution in [3.05, 3.63) is 6.20 Å². The van der Waals surface area contributed by atoms with Crippen LogP contribution in [0.5, 0.6) is 0 Å². The van der Waals surface area contributed by atoms with Crippen molar-refractivity contribution >= 4 is 34.0 Å². The lowest BCUT2D eigenvalue weighted by molar-refractivity contribution is -0.114. The van der Waals surface area contributed by atoms with E-state index in [2.05, 4.69) is 10.3 Å². The lowest BCUT2D eigenvalue weighted by Gasteiger charge is -1.92. The standard InChI is InChI=1S/C6H8N2OS2/c1-4(9)8-5-3-7-6(10-2)11-5/h3H,1-2H3,(H,8,9). The third kappa shape index (κ3) is 2.51. The number of thiazole rings is 1. The Morgan fingerprint density at radius 2 is 2.55 bits per heavy atom. The van der Waals surface area contributed by atoms with Gasteiger partial charge in [0.05, 0.1) is 6.20 Å². The maximum Gasteiger partial charge on any atom is 0.221 e. The number of amides is 1. The summed E-state index contributed by atoms with van der Waals surface area (Å²) in [5.74, 6) is -0.0543. The molecular formula is C6H8N2OS2. The van der Waals surface area contributed by atoms with Crippen LogP contribution in [0.25, 0.3) is 0 Å². The predicted octanol–water partition coefficient (Wildman–Crippen LogP) is 1.82. The highest BCUT2D eigenvalue weighted by atomic mass is 32.2. The van der Waals surface area contributed by atoms with Crippen molar-refractivity contribution in [3.63, 3.8) is 0 Å². The molecule has 0 unspecified atom stereocenters. The lowest BCUT2D eigenvalue weighted by Crippen LogP contribution is -2.03. The fourth-order valence-electron chi connectivity index (χ4n) is 0.584. The third-order valence-corrected chi connectivity index (χ3v) is 2.87. The molecule has 0 bridgehead atoms. The minimum Gasteiger partial charge on any atom is -0.317 e. The first kappa shape index (κ1) is 8.55. The zero-order valence-electron chi connectivity index (χ0n) is 6.25. The highest BCUT2D eigenvalue weighted by molar-refractivity contribution is 8.00. The molecule has 1 aromatic heterocycles. The maximum absolute atomic E-state index is 10.6. The molecule has 0 radical (unpaired) electrons. The lowest BCUT2D eigenvalue weighted by atomic mass is 10.7. The molecule has 11 heavy (non-hydrogen) atoms. The first-order valence-corrected chi connectivity index (χ1v) is 5.04. The van der Waals surface area contributed by atoms with E-state index in [9.17, 15) is 4.79 Å². The smallest absolute Gasteiger partial charge is 0.221 e. The largest absolute Gasteiger partial charge is 0.317 e. The zero-order valence-corrected chi connectivity index (χ0v) is 7.88. The molecule has 60 valence electrons. The van der Waals surface area contributed by atoms with Gasteiger partial charge < -0.3 is 5.32 Å². The van der Waals surface area contributed by atoms with E-state index in [1.54, 1.807) is 18.0 Å². The summed E-state index contributed by atoms with van der Waals surface area (Å²) in [6, 6.07) is 0. The average molecular weight is 188 g/mol. The van der Waals surface area contributed by atoms with Crippen LogP contribution in [0.1, 0.15) is 6.92 Å². The molecule has 1 N–H and O–H groups in total. The quantitative estimate of drug-likeness (QED) is 0.720. The molecule has 1 heterocycles. The molecule has 0 saturated carbocycles. The molecule has 1 aromatic rings. The number of hydrogen-bond acceptors (Lipinski definition) is 4. The third-order valence-electron chi connectivity index (χ3n) is 0.958. The molecule has 0 atom stereocenters. The van der Waals surface area contributed by atoms with Gasteiger partial charge in [-0.05, 0) is 6.26 Å². The van der Waals surface area contributed by atoms with Crippen LogP contribution >= 0.6 is 23.1 Å². The van der Waals surface area contributed by atoms with E-state index >= 15 is 0 Å². The van der Waals surface area contributed by atoms with E-state index in [-0.39, 0.29) is 5.91 Å². The number of anilines is 1. The van der Waals surface area contributed by atoms with E-state index in [1.165, 1.54) is 18.3 Å². The normalized spacial score (nSPS) is 9.64. The minimum atomic E-state index is -0.0543. The van der Waals surface area contributed by atoms with Gasteiger partial charge in [-0.1, -0.05) is 23.1 Å². The SMILES string of the molecule is CSc1ncc(NC(C)=O)s1. The zero-order chi connectivity index (χ0) is 8.27. The highest BCUT2D eigenvalue weighted by Crippen LogP contribution is 2.25. The van der Waals surface area contributed by atoms with E-state index in [4.69, 9.17) is 0 Å². The molecule has 1 amide bonds. The number of nitrogens with one attached hydrogen (secondary N) is 1. The first-order chi connectivity index (χ1) is 5.22. The van der Waals surface area contributed by atoms with Crippen molar-refractivity contribution in [2.45, 2.75) is 11.3 Å². The molecule has 0 aliphatic carbocycles. The molecule has 0 fully saturated rings. The Kier molecular flexibility index (Phi) is 2.90. The fraction of sp³-hybridized carbons (Fsp3) is 0.333. The van der Waals surface area contributed by atoms with Crippen LogP contribution in [-0.4, -0.2) is 17.1 Å². The number of thioether (sulfide) groups is 1. The number of carbonyl (C=O) groups is 1. The van der Waals surface area contributed by atoms with E-state index in [0.29, 0.717) is 0 Å². The van der Waals surface area contributed by atoms with E-state index < -0.39 is 0 Å². The molecule has 0 aliphatic heterocycles. The number of carbonyl (C=O) groups excluding carboxylic acids is 1. The second-order valence-electron chi connectivity index (χ2n) is 1.88. The van der Waals surface area contributed by atoms with Gasteiger partial charge in [-0.25, -0.2) is 4.98 Å². The Bertz CT molecular complexity index is 259. The van der Waals surface area contributed by atoms with E-state index in [1.807, 2.05) is 6.26 Å². The van der Waals surface area contributed by atoms with Crippen LogP contribution in [0.2, 0.25) is 0 Å². The van der Waals surface area contributed by atoms with Crippen molar-refractivity contribution in [2.75, 3.05) is 11.6 Å². The summed E-state index contributed by atoms with van der Waals surface area (Å²) in [6.45, 7) is 1.48. The monoisotopic (exact) mass is 188 g/mol. The van der Waals surface area contributed by atoms with Crippen LogP contribution < -0.4 is 5.32 Å². The summed E-state index contributed by atoms with van der Waals surface area (Å²) < 4.78 is 0.966. The van der Waals surface area contributed by atoms with Gasteiger partial charge >= 0.3 is 0 Å². The van der Waals surface area contributed by atoms with Gasteiger partial charge in [0.1, 0.15) is 5.00 Å². The number of rotatable bonds is 2. The second-order valence-corrected chi connectivity index (χ2v) is 3.96. The summed E-state index contributed by atoms with van der Waals surface area (Å²) in [6.07, 6.45) is 3.62. The topological polar surface area (TPSA) is 42.0 Å². The van der Waals surface area contributed by atoms with Crippen molar-refractivity contribution in [3.8, 4) is 0 Å². The Morgan fingerprint density at radius 1 is 1.82 bits per heavy atom. The van der Waals surface area contributed by atoms with Crippen LogP contribution in [0, 0.1) is 0 Å². The molecule has 0 aromatic carbocycles. The van der Waals surface area contributed by atoms with Gasteiger partial charge in [0.25, 0.3) is 0 Å². The summed E-state index contributed by atoms with van der Waals surface area (Å²) in [7, 11) is 0. The number of nitrogens with zero attached hydrogens (tertiary/aromatic N) is 1. The maximum atomic E-state index is 10.6. The van der Waals surface area contributed by atoms with Crippen molar-refractivity contribution < 1.29 is 4.79 Å². The van der Waals surface area contributed by atoms with Gasteiger partial charge in [0.15, 0.2) is 4.34 Å². The summed E-state index contributed by atoms with van der Waals surface area (Å²) in [5, 5.41) is 3.47. The molecule has 5 heteroatoms. The molecule has 0 saturated heterocycles. The van der Waals surface area contributed by atoms with Gasteiger partial charge in [-0.3, -0.25) is 4.79 Å². The van der Waals surface area contributed by atoms with Crippen molar-refractivity contribution in [2.24, 2.45) is 0 Å². The first-order valence-electron chi connectivity index (χ1n) is 3.00. The molecule has 1 rings (SSSR count). The van der Waals surface area contributed by atoms with Gasteiger partial charge in [-0.2, -0.15) is 0 Å². The van der Waals surface area contributed by atoms with Gasteiger partial charge in [0, 0.05) is 6.92 Å². The Hall–Kier alpha value is -0.550. The van der Waals surface area contributed by atoms with Crippen LogP contribution in [0.4, 0.5) is 5.00 Å². The summed E-state index contributed by atoms with van der Waals surface area (Å²) in [5.41, 5.74) is 0. The minimum absolute atomic E-state index is 0.0543. The Labute approximate surface area is 73.2 Å². The highest BCUT2D eigenvalue weighted by Gasteiger charge is 2.00. The molecule has 0 aliphatic rings. The van der Waals surface area contributed by atoms with Gasteiger partial charge in [0.2, 0.25) is 5.91 Å². The molecule has 0 spiro atoms. The summed E-state index contributed by atoms with van der Waals surface area (Å²) >= 11 is 3.05. The predicted molar refractivity (Wildman–Crippen MR) is 48.2 cm³/mol. The van der Waals surface area contributed by atoms with E-state index in [0.717, 1.165) is 9.34 Å². The van der Waals surface area contributed by atoms with Crippen molar-refractivity contribution in [1.82, 2.24) is 4.98 Å². The molecular weight excluding hydrogens is 180 g/mol. The summed E-state index contributed by atoms with van der Waals surface area (Å²) in [4.78, 5) is 14.6. The Morgan fingerprint density at radius 3 is 3.00 bits per heavy atom. The number of aromatic nitrogens is 1.